The van der Waals surface area contributed by atoms with E-state index < -0.39 is 30.7 Å². The predicted molar refractivity (Wildman–Crippen MR) is 123 cm³/mol. The number of nitrogens with zero attached hydrogens (tertiary/aromatic N) is 3. The third-order valence-electron chi connectivity index (χ3n) is 6.60. The maximum Gasteiger partial charge on any atom is 0.573 e. The molecule has 3 atom stereocenters. The first-order valence-electron chi connectivity index (χ1n) is 11.7. The molecule has 1 fully saturated rings. The van der Waals surface area contributed by atoms with E-state index in [9.17, 15) is 33.3 Å². The fourth-order valence-electron chi connectivity index (χ4n) is 4.60. The van der Waals surface area contributed by atoms with Crippen molar-refractivity contribution in [1.82, 2.24) is 15.2 Å². The molecule has 1 amide bonds. The van der Waals surface area contributed by atoms with Gasteiger partial charge in [0.05, 0.1) is 5.69 Å². The highest BCUT2D eigenvalue weighted by Gasteiger charge is 2.36. The Morgan fingerprint density at radius 1 is 1.11 bits per heavy atom. The van der Waals surface area contributed by atoms with E-state index in [2.05, 4.69) is 15.0 Å². The molecular weight excluding hydrogens is 481 g/mol. The van der Waals surface area contributed by atoms with Crippen molar-refractivity contribution in [2.24, 2.45) is 5.92 Å². The zero-order chi connectivity index (χ0) is 25.9. The summed E-state index contributed by atoms with van der Waals surface area (Å²) in [6.45, 7) is 1.82. The summed E-state index contributed by atoms with van der Waals surface area (Å²) in [6, 6.07) is 7.77. The number of rotatable bonds is 8. The van der Waals surface area contributed by atoms with Crippen LogP contribution in [0.2, 0.25) is 0 Å². The number of carbonyl (C=O) groups excluding carboxylic acids is 1. The van der Waals surface area contributed by atoms with Crippen molar-refractivity contribution in [3.63, 3.8) is 0 Å². The van der Waals surface area contributed by atoms with Crippen molar-refractivity contribution in [2.75, 3.05) is 24.5 Å². The molecule has 0 bridgehead atoms. The molecule has 0 aliphatic carbocycles. The van der Waals surface area contributed by atoms with Gasteiger partial charge in [-0.25, -0.2) is 0 Å². The number of hydrogen-bond acceptors (Lipinski definition) is 8. The van der Waals surface area contributed by atoms with Gasteiger partial charge >= 0.3 is 6.36 Å². The second-order valence-corrected chi connectivity index (χ2v) is 9.07. The first-order valence-corrected chi connectivity index (χ1v) is 11.7. The molecule has 1 saturated heterocycles. The third kappa shape index (κ3) is 6.25. The number of carbonyl (C=O) groups is 1. The van der Waals surface area contributed by atoms with Gasteiger partial charge in [0.25, 0.3) is 5.91 Å². The lowest BCUT2D eigenvalue weighted by Crippen LogP contribution is -2.53. The van der Waals surface area contributed by atoms with Crippen molar-refractivity contribution in [3.8, 4) is 5.75 Å². The van der Waals surface area contributed by atoms with Crippen molar-refractivity contribution in [1.29, 1.82) is 0 Å². The normalized spacial score (nSPS) is 19.1. The van der Waals surface area contributed by atoms with Gasteiger partial charge in [-0.05, 0) is 48.1 Å². The molecule has 4 rings (SSSR count). The number of pyridine rings is 1. The number of benzene rings is 1. The molecule has 0 radical (unpaired) electrons. The van der Waals surface area contributed by atoms with E-state index in [1.54, 1.807) is 30.6 Å². The number of aliphatic hydroxyl groups excluding tert-OH is 3. The molecule has 1 aromatic carbocycles. The number of aliphatic hydroxyl groups is 3. The van der Waals surface area contributed by atoms with E-state index in [-0.39, 0.29) is 18.2 Å². The quantitative estimate of drug-likeness (QED) is 0.394. The predicted octanol–water partition coefficient (Wildman–Crippen LogP) is 1.37. The Morgan fingerprint density at radius 3 is 2.50 bits per heavy atom. The van der Waals surface area contributed by atoms with Crippen LogP contribution in [-0.2, 0) is 17.9 Å². The van der Waals surface area contributed by atoms with Crippen LogP contribution in [-0.4, -0.2) is 75.5 Å². The van der Waals surface area contributed by atoms with Crippen molar-refractivity contribution in [2.45, 2.75) is 50.7 Å². The fraction of sp³-hybridized carbons (Fsp3) is 0.500. The molecule has 1 aromatic heterocycles. The molecule has 0 spiro atoms. The lowest BCUT2D eigenvalue weighted by molar-refractivity contribution is -0.274. The van der Waals surface area contributed by atoms with Crippen LogP contribution in [0.15, 0.2) is 42.7 Å². The summed E-state index contributed by atoms with van der Waals surface area (Å²) in [7, 11) is 0. The minimum Gasteiger partial charge on any atom is -0.404 e. The first-order chi connectivity index (χ1) is 17.1. The number of anilines is 1. The third-order valence-corrected chi connectivity index (χ3v) is 6.60. The fourth-order valence-corrected chi connectivity index (χ4v) is 4.60. The van der Waals surface area contributed by atoms with Crippen LogP contribution < -0.4 is 15.0 Å². The molecule has 4 N–H and O–H groups in total. The van der Waals surface area contributed by atoms with Crippen molar-refractivity contribution < 1.29 is 38.0 Å². The number of nitrogens with one attached hydrogen (secondary N) is 1. The molecule has 36 heavy (non-hydrogen) atoms. The number of piperidine rings is 1. The molecule has 2 aliphatic rings. The standard InChI is InChI=1S/C24H29F3N4O5/c25-24(26,27)36-19-4-2-1-3-18(19)30-9-6-15(7-10-30)11-29-22(34)20(32)21(33)23(35)31-13-16-5-8-28-12-17(16)14-31/h1-5,8,12,15,20-22,29,32-34H,6-7,9-11,13-14H2/t20-,21-,22?/m1/s1. The van der Waals surface area contributed by atoms with Gasteiger partial charge in [-0.15, -0.1) is 13.2 Å². The van der Waals surface area contributed by atoms with Crippen LogP contribution >= 0.6 is 0 Å². The summed E-state index contributed by atoms with van der Waals surface area (Å²) in [6.07, 6.45) is -5.34. The van der Waals surface area contributed by atoms with E-state index in [0.717, 1.165) is 11.1 Å². The number of hydrogen-bond donors (Lipinski definition) is 4. The minimum atomic E-state index is -4.78. The van der Waals surface area contributed by atoms with E-state index in [4.69, 9.17) is 0 Å². The van der Waals surface area contributed by atoms with Gasteiger partial charge in [0.1, 0.15) is 12.3 Å². The summed E-state index contributed by atoms with van der Waals surface area (Å²) in [5, 5.41) is 33.8. The summed E-state index contributed by atoms with van der Waals surface area (Å²) < 4.78 is 42.3. The van der Waals surface area contributed by atoms with Crippen LogP contribution in [0.5, 0.6) is 5.75 Å². The average molecular weight is 511 g/mol. The van der Waals surface area contributed by atoms with Gasteiger partial charge in [0.15, 0.2) is 11.9 Å². The lowest BCUT2D eigenvalue weighted by Gasteiger charge is -2.35. The monoisotopic (exact) mass is 510 g/mol. The van der Waals surface area contributed by atoms with Crippen LogP contribution in [0.3, 0.4) is 0 Å². The van der Waals surface area contributed by atoms with Crippen LogP contribution in [0.1, 0.15) is 24.0 Å². The van der Waals surface area contributed by atoms with E-state index >= 15 is 0 Å². The maximum absolute atomic E-state index is 12.7. The Balaban J connectivity index is 1.23. The Morgan fingerprint density at radius 2 is 1.81 bits per heavy atom. The Hall–Kier alpha value is -2.93. The number of aromatic nitrogens is 1. The smallest absolute Gasteiger partial charge is 0.404 e. The summed E-state index contributed by atoms with van der Waals surface area (Å²) in [5.41, 5.74) is 2.14. The van der Waals surface area contributed by atoms with Crippen LogP contribution in [0.4, 0.5) is 18.9 Å². The summed E-state index contributed by atoms with van der Waals surface area (Å²) >= 11 is 0. The highest BCUT2D eigenvalue weighted by Crippen LogP contribution is 2.34. The number of fused-ring (bicyclic) bond motifs is 1. The maximum atomic E-state index is 12.7. The molecule has 2 aliphatic heterocycles. The first kappa shape index (κ1) is 26.1. The van der Waals surface area contributed by atoms with Gasteiger partial charge in [0.2, 0.25) is 0 Å². The van der Waals surface area contributed by atoms with E-state index in [0.29, 0.717) is 44.7 Å². The number of para-hydroxylation sites is 2. The zero-order valence-electron chi connectivity index (χ0n) is 19.4. The molecule has 2 aromatic rings. The van der Waals surface area contributed by atoms with Gasteiger partial charge in [-0.3, -0.25) is 15.1 Å². The van der Waals surface area contributed by atoms with Crippen molar-refractivity contribution in [3.05, 3.63) is 53.9 Å². The second-order valence-electron chi connectivity index (χ2n) is 9.07. The number of ether oxygens (including phenoxy) is 1. The molecule has 12 heteroatoms. The number of halogens is 3. The lowest BCUT2D eigenvalue weighted by atomic mass is 9.96. The highest BCUT2D eigenvalue weighted by atomic mass is 19.4. The Labute approximate surface area is 206 Å². The summed E-state index contributed by atoms with van der Waals surface area (Å²) in [5.74, 6) is -0.865. The van der Waals surface area contributed by atoms with Crippen LogP contribution in [0, 0.1) is 5.92 Å². The molecule has 9 nitrogen and oxygen atoms in total. The zero-order valence-corrected chi connectivity index (χ0v) is 19.4. The highest BCUT2D eigenvalue weighted by molar-refractivity contribution is 5.82. The SMILES string of the molecule is O=C([C@H](O)[C@@H](O)C(O)NCC1CCN(c2ccccc2OC(F)(F)F)CC1)N1Cc2ccncc2C1. The van der Waals surface area contributed by atoms with Crippen LogP contribution in [0.25, 0.3) is 0 Å². The number of amides is 1. The average Bonchev–Trinajstić information content (AvgIpc) is 3.30. The van der Waals surface area contributed by atoms with Gasteiger partial charge in [0, 0.05) is 45.1 Å². The molecule has 196 valence electrons. The molecule has 3 heterocycles. The molecule has 0 saturated carbocycles. The van der Waals surface area contributed by atoms with Gasteiger partial charge in [-0.1, -0.05) is 12.1 Å². The Bertz CT molecular complexity index is 1020. The molecule has 1 unspecified atom stereocenters. The Kier molecular flexibility index (Phi) is 7.98. The minimum absolute atomic E-state index is 0.0761. The molecular formula is C24H29F3N4O5. The van der Waals surface area contributed by atoms with E-state index in [1.165, 1.54) is 17.0 Å². The topological polar surface area (TPSA) is 118 Å². The van der Waals surface area contributed by atoms with Gasteiger partial charge < -0.3 is 29.9 Å². The van der Waals surface area contributed by atoms with Crippen molar-refractivity contribution >= 4 is 11.6 Å². The van der Waals surface area contributed by atoms with Gasteiger partial charge in [-0.2, -0.15) is 0 Å². The largest absolute Gasteiger partial charge is 0.573 e. The second kappa shape index (κ2) is 11.0. The number of alkyl halides is 3. The summed E-state index contributed by atoms with van der Waals surface area (Å²) in [4.78, 5) is 19.8. The van der Waals surface area contributed by atoms with E-state index in [1.807, 2.05) is 4.90 Å².